The maximum Gasteiger partial charge on any atom is 0.270 e. The number of carbonyl (C=O) groups excluding carboxylic acids is 3. The molecule has 1 unspecified atom stereocenters. The molecule has 0 aliphatic heterocycles. The maximum absolute atomic E-state index is 13.8. The van der Waals surface area contributed by atoms with Crippen molar-refractivity contribution in [2.45, 2.75) is 82.8 Å². The Kier molecular flexibility index (Phi) is 7.02. The molecule has 2 saturated carbocycles. The normalized spacial score (nSPS) is 18.2. The monoisotopic (exact) mass is 473 g/mol. The number of nitrogens with two attached hydrogens (primary N) is 2. The molecule has 0 spiro atoms. The fourth-order valence-corrected chi connectivity index (χ4v) is 5.69. The highest BCUT2D eigenvalue weighted by Crippen LogP contribution is 2.36. The lowest BCUT2D eigenvalue weighted by molar-refractivity contribution is -0.128. The fraction of sp³-hybridized carbons (Fsp3) is 0.565. The van der Waals surface area contributed by atoms with E-state index in [1.54, 1.807) is 17.0 Å². The van der Waals surface area contributed by atoms with E-state index in [-0.39, 0.29) is 34.2 Å². The largest absolute Gasteiger partial charge is 0.464 e. The van der Waals surface area contributed by atoms with Gasteiger partial charge in [0.05, 0.1) is 5.69 Å². The predicted molar refractivity (Wildman–Crippen MR) is 125 cm³/mol. The second-order valence-electron chi connectivity index (χ2n) is 8.98. The van der Waals surface area contributed by atoms with Crippen LogP contribution in [0.4, 0.5) is 5.69 Å². The zero-order chi connectivity index (χ0) is 23.5. The van der Waals surface area contributed by atoms with Gasteiger partial charge in [-0.15, -0.1) is 0 Å². The average Bonchev–Trinajstić information content (AvgIpc) is 3.53. The maximum atomic E-state index is 13.8. The van der Waals surface area contributed by atoms with Gasteiger partial charge < -0.3 is 26.1 Å². The van der Waals surface area contributed by atoms with Crippen LogP contribution >= 0.6 is 11.5 Å². The number of amides is 3. The van der Waals surface area contributed by atoms with Crippen molar-refractivity contribution in [2.75, 3.05) is 5.73 Å². The summed E-state index contributed by atoms with van der Waals surface area (Å²) in [5, 5.41) is 3.16. The number of anilines is 1. The average molecular weight is 474 g/mol. The van der Waals surface area contributed by atoms with Gasteiger partial charge in [0.15, 0.2) is 11.7 Å². The molecule has 3 amide bonds. The molecule has 178 valence electrons. The summed E-state index contributed by atoms with van der Waals surface area (Å²) >= 11 is 0.836. The number of primary amides is 1. The number of aromatic nitrogens is 1. The molecule has 5 N–H and O–H groups in total. The van der Waals surface area contributed by atoms with Crippen LogP contribution in [0.5, 0.6) is 0 Å². The van der Waals surface area contributed by atoms with Gasteiger partial charge in [-0.2, -0.15) is 4.37 Å². The third-order valence-corrected chi connectivity index (χ3v) is 7.47. The highest BCUT2D eigenvalue weighted by atomic mass is 32.1. The second-order valence-corrected chi connectivity index (χ2v) is 9.76. The summed E-state index contributed by atoms with van der Waals surface area (Å²) in [6.07, 6.45) is 8.67. The van der Waals surface area contributed by atoms with E-state index in [9.17, 15) is 14.4 Å². The van der Waals surface area contributed by atoms with Crippen LogP contribution in [-0.2, 0) is 4.79 Å². The Labute approximate surface area is 197 Å². The third kappa shape index (κ3) is 4.90. The molecule has 2 aromatic heterocycles. The number of furan rings is 1. The van der Waals surface area contributed by atoms with Gasteiger partial charge in [0.25, 0.3) is 17.7 Å². The Bertz CT molecular complexity index is 1020. The van der Waals surface area contributed by atoms with Crippen LogP contribution in [0.25, 0.3) is 0 Å². The standard InChI is InChI=1S/C23H31N5O4S/c1-13-11-12-16(32-13)19(22(30)26-14-7-3-2-4-8-14)28(15-9-5-6-10-15)23(31)20-17(24)18(21(25)29)27-33-20/h11-12,14-15,19H,2-10,24H2,1H3,(H2,25,29)(H,26,30). The number of rotatable bonds is 7. The molecule has 1 atom stereocenters. The molecular weight excluding hydrogens is 442 g/mol. The minimum Gasteiger partial charge on any atom is -0.464 e. The lowest BCUT2D eigenvalue weighted by Crippen LogP contribution is -2.50. The van der Waals surface area contributed by atoms with Crippen LogP contribution in [0.2, 0.25) is 0 Å². The van der Waals surface area contributed by atoms with Gasteiger partial charge in [-0.05, 0) is 56.3 Å². The van der Waals surface area contributed by atoms with Crippen LogP contribution in [0, 0.1) is 6.92 Å². The molecule has 0 saturated heterocycles. The lowest BCUT2D eigenvalue weighted by Gasteiger charge is -2.35. The molecule has 0 radical (unpaired) electrons. The summed E-state index contributed by atoms with van der Waals surface area (Å²) < 4.78 is 9.87. The zero-order valence-corrected chi connectivity index (χ0v) is 19.7. The molecule has 33 heavy (non-hydrogen) atoms. The van der Waals surface area contributed by atoms with E-state index in [1.165, 1.54) is 6.42 Å². The quantitative estimate of drug-likeness (QED) is 0.563. The van der Waals surface area contributed by atoms with Crippen LogP contribution in [0.1, 0.15) is 95.5 Å². The van der Waals surface area contributed by atoms with Gasteiger partial charge in [0.1, 0.15) is 16.4 Å². The highest BCUT2D eigenvalue weighted by molar-refractivity contribution is 7.09. The summed E-state index contributed by atoms with van der Waals surface area (Å²) in [6, 6.07) is 2.54. The molecule has 0 bridgehead atoms. The van der Waals surface area contributed by atoms with Crippen molar-refractivity contribution in [2.24, 2.45) is 5.73 Å². The number of aryl methyl sites for hydroxylation is 1. The lowest BCUT2D eigenvalue weighted by atomic mass is 9.95. The summed E-state index contributed by atoms with van der Waals surface area (Å²) in [5.74, 6) is -0.396. The Hall–Kier alpha value is -2.88. The SMILES string of the molecule is Cc1ccc(C(C(=O)NC2CCCCC2)N(C(=O)c2snc(C(N)=O)c2N)C2CCCC2)o1. The number of nitrogen functional groups attached to an aromatic ring is 1. The molecular formula is C23H31N5O4S. The summed E-state index contributed by atoms with van der Waals surface area (Å²) in [6.45, 7) is 1.81. The third-order valence-electron chi connectivity index (χ3n) is 6.62. The number of nitrogens with one attached hydrogen (secondary N) is 1. The zero-order valence-electron chi connectivity index (χ0n) is 18.8. The van der Waals surface area contributed by atoms with E-state index in [4.69, 9.17) is 15.9 Å². The molecule has 2 heterocycles. The fourth-order valence-electron chi connectivity index (χ4n) is 4.94. The topological polar surface area (TPSA) is 145 Å². The second kappa shape index (κ2) is 9.94. The molecule has 2 aliphatic carbocycles. The van der Waals surface area contributed by atoms with Crippen molar-refractivity contribution in [3.05, 3.63) is 34.2 Å². The van der Waals surface area contributed by atoms with E-state index in [0.717, 1.165) is 62.9 Å². The van der Waals surface area contributed by atoms with Crippen LogP contribution in [0.15, 0.2) is 16.5 Å². The van der Waals surface area contributed by atoms with E-state index in [1.807, 2.05) is 6.92 Å². The Morgan fingerprint density at radius 2 is 1.79 bits per heavy atom. The van der Waals surface area contributed by atoms with E-state index >= 15 is 0 Å². The van der Waals surface area contributed by atoms with Crippen molar-refractivity contribution < 1.29 is 18.8 Å². The molecule has 0 aromatic carbocycles. The highest BCUT2D eigenvalue weighted by Gasteiger charge is 2.41. The smallest absolute Gasteiger partial charge is 0.270 e. The molecule has 2 aromatic rings. The molecule has 10 heteroatoms. The van der Waals surface area contributed by atoms with E-state index in [0.29, 0.717) is 11.5 Å². The van der Waals surface area contributed by atoms with Crippen LogP contribution in [0.3, 0.4) is 0 Å². The van der Waals surface area contributed by atoms with Gasteiger partial charge in [0, 0.05) is 12.1 Å². The number of carbonyl (C=O) groups is 3. The van der Waals surface area contributed by atoms with Gasteiger partial charge in [-0.3, -0.25) is 14.4 Å². The predicted octanol–water partition coefficient (Wildman–Crippen LogP) is 3.30. The van der Waals surface area contributed by atoms with Crippen LogP contribution < -0.4 is 16.8 Å². The van der Waals surface area contributed by atoms with Crippen molar-refractivity contribution in [3.63, 3.8) is 0 Å². The summed E-state index contributed by atoms with van der Waals surface area (Å²) in [5.41, 5.74) is 11.3. The van der Waals surface area contributed by atoms with E-state index in [2.05, 4.69) is 9.69 Å². The Balaban J connectivity index is 1.72. The van der Waals surface area contributed by atoms with Crippen LogP contribution in [-0.4, -0.2) is 39.1 Å². The molecule has 2 aliphatic rings. The minimum absolute atomic E-state index is 0.0393. The Morgan fingerprint density at radius 1 is 1.12 bits per heavy atom. The van der Waals surface area contributed by atoms with E-state index < -0.39 is 17.9 Å². The van der Waals surface area contributed by atoms with Gasteiger partial charge in [-0.25, -0.2) is 0 Å². The first-order valence-corrected chi connectivity index (χ1v) is 12.4. The number of hydrogen-bond donors (Lipinski definition) is 3. The van der Waals surface area contributed by atoms with Gasteiger partial charge in [-0.1, -0.05) is 32.1 Å². The molecule has 9 nitrogen and oxygen atoms in total. The minimum atomic E-state index is -0.935. The summed E-state index contributed by atoms with van der Waals surface area (Å²) in [4.78, 5) is 40.9. The summed E-state index contributed by atoms with van der Waals surface area (Å²) in [7, 11) is 0. The number of nitrogens with zero attached hydrogens (tertiary/aromatic N) is 2. The van der Waals surface area contributed by atoms with Crippen molar-refractivity contribution >= 4 is 34.9 Å². The van der Waals surface area contributed by atoms with Crippen molar-refractivity contribution in [1.82, 2.24) is 14.6 Å². The first kappa shape index (κ1) is 23.3. The van der Waals surface area contributed by atoms with Gasteiger partial charge >= 0.3 is 0 Å². The Morgan fingerprint density at radius 3 is 2.36 bits per heavy atom. The number of hydrogen-bond acceptors (Lipinski definition) is 7. The molecule has 4 rings (SSSR count). The first-order valence-electron chi connectivity index (χ1n) is 11.6. The van der Waals surface area contributed by atoms with Crippen molar-refractivity contribution in [1.29, 1.82) is 0 Å². The van der Waals surface area contributed by atoms with Gasteiger partial charge in [0.2, 0.25) is 0 Å². The molecule has 2 fully saturated rings. The van der Waals surface area contributed by atoms with Crippen molar-refractivity contribution in [3.8, 4) is 0 Å². The first-order chi connectivity index (χ1) is 15.9.